The van der Waals surface area contributed by atoms with Gasteiger partial charge in [-0.25, -0.2) is 0 Å². The van der Waals surface area contributed by atoms with Gasteiger partial charge in [-0.2, -0.15) is 0 Å². The van der Waals surface area contributed by atoms with Crippen LogP contribution in [0.25, 0.3) is 0 Å². The number of rotatable bonds is 22. The number of carbonyl (C=O) groups excluding carboxylic acids is 1. The van der Waals surface area contributed by atoms with E-state index < -0.39 is 0 Å². The van der Waals surface area contributed by atoms with Crippen molar-refractivity contribution in [3.05, 3.63) is 0 Å². The molecule has 0 heterocycles. The van der Waals surface area contributed by atoms with E-state index in [1.165, 1.54) is 77.0 Å². The number of hydrogen-bond donors (Lipinski definition) is 0. The molecule has 0 fully saturated rings. The van der Waals surface area contributed by atoms with Gasteiger partial charge in [-0.3, -0.25) is 4.79 Å². The topological polar surface area (TPSA) is 35.5 Å². The second-order valence-corrected chi connectivity index (χ2v) is 8.27. The Labute approximate surface area is 176 Å². The molecule has 168 valence electrons. The molecule has 0 radical (unpaired) electrons. The molecule has 0 rings (SSSR count). The first-order valence-electron chi connectivity index (χ1n) is 12.5. The third kappa shape index (κ3) is 18.8. The second-order valence-electron chi connectivity index (χ2n) is 8.27. The summed E-state index contributed by atoms with van der Waals surface area (Å²) in [7, 11) is 0. The van der Waals surface area contributed by atoms with Gasteiger partial charge in [-0.1, -0.05) is 111 Å². The summed E-state index contributed by atoms with van der Waals surface area (Å²) >= 11 is 0. The fourth-order valence-electron chi connectivity index (χ4n) is 3.58. The lowest BCUT2D eigenvalue weighted by molar-refractivity contribution is -0.150. The number of unbranched alkanes of at least 4 members (excludes halogenated alkanes) is 13. The molecule has 1 atom stereocenters. The third-order valence-electron chi connectivity index (χ3n) is 5.60. The Morgan fingerprint density at radius 3 is 1.61 bits per heavy atom. The van der Waals surface area contributed by atoms with Crippen LogP contribution in [0.1, 0.15) is 130 Å². The minimum absolute atomic E-state index is 0.0412. The monoisotopic (exact) mass is 398 g/mol. The van der Waals surface area contributed by atoms with Crippen LogP contribution in [0, 0.1) is 5.92 Å². The molecule has 0 aromatic carbocycles. The van der Waals surface area contributed by atoms with Crippen molar-refractivity contribution in [2.75, 3.05) is 19.8 Å². The predicted octanol–water partition coefficient (Wildman–Crippen LogP) is 7.85. The molecule has 3 nitrogen and oxygen atoms in total. The minimum atomic E-state index is -0.0412. The molecular formula is C25H50O3. The van der Waals surface area contributed by atoms with Crippen molar-refractivity contribution in [1.82, 2.24) is 0 Å². The fraction of sp³-hybridized carbons (Fsp3) is 0.960. The van der Waals surface area contributed by atoms with E-state index in [0.29, 0.717) is 13.2 Å². The normalized spacial score (nSPS) is 12.2. The Kier molecular flexibility index (Phi) is 22.3. The summed E-state index contributed by atoms with van der Waals surface area (Å²) in [5.41, 5.74) is 0. The average molecular weight is 399 g/mol. The molecule has 3 heteroatoms. The van der Waals surface area contributed by atoms with E-state index in [0.717, 1.165) is 38.7 Å². The Balaban J connectivity index is 3.24. The van der Waals surface area contributed by atoms with Gasteiger partial charge in [0.25, 0.3) is 0 Å². The van der Waals surface area contributed by atoms with Crippen LogP contribution in [0.4, 0.5) is 0 Å². The first kappa shape index (κ1) is 27.4. The van der Waals surface area contributed by atoms with Crippen LogP contribution < -0.4 is 0 Å². The maximum Gasteiger partial charge on any atom is 0.308 e. The Bertz CT molecular complexity index is 317. The zero-order valence-electron chi connectivity index (χ0n) is 19.4. The van der Waals surface area contributed by atoms with Gasteiger partial charge in [0.05, 0.1) is 12.5 Å². The van der Waals surface area contributed by atoms with Crippen molar-refractivity contribution in [2.24, 2.45) is 5.92 Å². The molecule has 0 N–H and O–H groups in total. The summed E-state index contributed by atoms with van der Waals surface area (Å²) in [6.07, 6.45) is 21.8. The lowest BCUT2D eigenvalue weighted by Crippen LogP contribution is -2.19. The highest BCUT2D eigenvalue weighted by molar-refractivity contribution is 5.72. The maximum atomic E-state index is 12.0. The molecule has 0 aliphatic heterocycles. The Hall–Kier alpha value is -0.570. The van der Waals surface area contributed by atoms with Gasteiger partial charge in [0.15, 0.2) is 0 Å². The van der Waals surface area contributed by atoms with Crippen molar-refractivity contribution in [2.45, 2.75) is 130 Å². The van der Waals surface area contributed by atoms with E-state index in [-0.39, 0.29) is 11.9 Å². The van der Waals surface area contributed by atoms with Crippen LogP contribution in [0.2, 0.25) is 0 Å². The van der Waals surface area contributed by atoms with Gasteiger partial charge in [-0.05, 0) is 19.3 Å². The highest BCUT2D eigenvalue weighted by Gasteiger charge is 2.16. The number of esters is 1. The molecule has 0 bridgehead atoms. The largest absolute Gasteiger partial charge is 0.463 e. The molecule has 0 spiro atoms. The third-order valence-corrected chi connectivity index (χ3v) is 5.60. The molecular weight excluding hydrogens is 348 g/mol. The molecule has 0 amide bonds. The minimum Gasteiger partial charge on any atom is -0.463 e. The van der Waals surface area contributed by atoms with E-state index in [1.807, 2.05) is 0 Å². The first-order chi connectivity index (χ1) is 13.8. The van der Waals surface area contributed by atoms with Crippen LogP contribution in [0.5, 0.6) is 0 Å². The Morgan fingerprint density at radius 1 is 0.607 bits per heavy atom. The molecule has 0 saturated heterocycles. The standard InChI is InChI=1S/C25H50O3/c1-4-7-9-10-11-12-13-14-15-16-17-18-19-21-27-22-23-28-25(26)24(6-3)20-8-5-2/h24H,4-23H2,1-3H3. The van der Waals surface area contributed by atoms with E-state index in [1.54, 1.807) is 0 Å². The van der Waals surface area contributed by atoms with Crippen molar-refractivity contribution < 1.29 is 14.3 Å². The summed E-state index contributed by atoms with van der Waals surface area (Å²) in [5, 5.41) is 0. The van der Waals surface area contributed by atoms with Gasteiger partial charge < -0.3 is 9.47 Å². The lowest BCUT2D eigenvalue weighted by Gasteiger charge is -2.13. The SMILES string of the molecule is CCCCCCCCCCCCCCCOCCOC(=O)C(CC)CCCC. The van der Waals surface area contributed by atoms with E-state index in [2.05, 4.69) is 20.8 Å². The van der Waals surface area contributed by atoms with Gasteiger partial charge in [-0.15, -0.1) is 0 Å². The molecule has 0 aromatic heterocycles. The van der Waals surface area contributed by atoms with Crippen LogP contribution in [0.15, 0.2) is 0 Å². The summed E-state index contributed by atoms with van der Waals surface area (Å²) in [6.45, 7) is 8.23. The lowest BCUT2D eigenvalue weighted by atomic mass is 10.00. The molecule has 0 aliphatic rings. The molecule has 1 unspecified atom stereocenters. The fourth-order valence-corrected chi connectivity index (χ4v) is 3.58. The van der Waals surface area contributed by atoms with E-state index in [4.69, 9.17) is 9.47 Å². The first-order valence-corrected chi connectivity index (χ1v) is 12.5. The maximum absolute atomic E-state index is 12.0. The van der Waals surface area contributed by atoms with Gasteiger partial charge in [0.2, 0.25) is 0 Å². The predicted molar refractivity (Wildman–Crippen MR) is 121 cm³/mol. The van der Waals surface area contributed by atoms with E-state index >= 15 is 0 Å². The second kappa shape index (κ2) is 22.7. The van der Waals surface area contributed by atoms with Crippen LogP contribution in [-0.2, 0) is 14.3 Å². The van der Waals surface area contributed by atoms with Gasteiger partial charge in [0, 0.05) is 6.61 Å². The zero-order valence-corrected chi connectivity index (χ0v) is 19.4. The molecule has 0 saturated carbocycles. The van der Waals surface area contributed by atoms with Crippen molar-refractivity contribution in [3.63, 3.8) is 0 Å². The quantitative estimate of drug-likeness (QED) is 0.137. The van der Waals surface area contributed by atoms with Crippen LogP contribution >= 0.6 is 0 Å². The highest BCUT2D eigenvalue weighted by atomic mass is 16.6. The molecule has 0 aromatic rings. The molecule has 28 heavy (non-hydrogen) atoms. The van der Waals surface area contributed by atoms with Crippen LogP contribution in [-0.4, -0.2) is 25.8 Å². The number of carbonyl (C=O) groups is 1. The molecule has 0 aliphatic carbocycles. The van der Waals surface area contributed by atoms with Crippen molar-refractivity contribution in [1.29, 1.82) is 0 Å². The number of hydrogen-bond acceptors (Lipinski definition) is 3. The summed E-state index contributed by atoms with van der Waals surface area (Å²) in [5.74, 6) is 0.0292. The Morgan fingerprint density at radius 2 is 1.11 bits per heavy atom. The van der Waals surface area contributed by atoms with Gasteiger partial charge in [0.1, 0.15) is 6.61 Å². The van der Waals surface area contributed by atoms with Crippen LogP contribution in [0.3, 0.4) is 0 Å². The van der Waals surface area contributed by atoms with Crippen molar-refractivity contribution >= 4 is 5.97 Å². The summed E-state index contributed by atoms with van der Waals surface area (Å²) in [4.78, 5) is 12.0. The summed E-state index contributed by atoms with van der Waals surface area (Å²) in [6, 6.07) is 0. The highest BCUT2D eigenvalue weighted by Crippen LogP contribution is 2.14. The smallest absolute Gasteiger partial charge is 0.308 e. The van der Waals surface area contributed by atoms with Gasteiger partial charge >= 0.3 is 5.97 Å². The zero-order chi connectivity index (χ0) is 20.7. The van der Waals surface area contributed by atoms with E-state index in [9.17, 15) is 4.79 Å². The van der Waals surface area contributed by atoms with Crippen molar-refractivity contribution in [3.8, 4) is 0 Å². The number of ether oxygens (including phenoxy) is 2. The average Bonchev–Trinajstić information content (AvgIpc) is 2.70. The summed E-state index contributed by atoms with van der Waals surface area (Å²) < 4.78 is 10.9.